The molecule has 80 valence electrons. The van der Waals surface area contributed by atoms with Gasteiger partial charge in [0, 0.05) is 6.42 Å². The van der Waals surface area contributed by atoms with Crippen molar-refractivity contribution < 1.29 is 24.5 Å². The van der Waals surface area contributed by atoms with Crippen molar-refractivity contribution in [1.82, 2.24) is 0 Å². The molecule has 2 fully saturated rings. The van der Waals surface area contributed by atoms with E-state index in [1.807, 2.05) is 0 Å². The lowest BCUT2D eigenvalue weighted by molar-refractivity contribution is -0.158. The van der Waals surface area contributed by atoms with Gasteiger partial charge in [-0.05, 0) is 13.8 Å². The summed E-state index contributed by atoms with van der Waals surface area (Å²) in [7, 11) is 0. The summed E-state index contributed by atoms with van der Waals surface area (Å²) in [5.74, 6) is -1.30. The highest BCUT2D eigenvalue weighted by Gasteiger charge is 2.52. The number of aliphatic hydroxyl groups excluding tert-OH is 2. The maximum atomic E-state index is 11.5. The maximum absolute atomic E-state index is 11.5. The maximum Gasteiger partial charge on any atom is 0.195 e. The molecule has 0 spiro atoms. The van der Waals surface area contributed by atoms with E-state index in [0.717, 1.165) is 0 Å². The van der Waals surface area contributed by atoms with Gasteiger partial charge in [-0.15, -0.1) is 0 Å². The van der Waals surface area contributed by atoms with Gasteiger partial charge in [-0.1, -0.05) is 0 Å². The molecule has 4 atom stereocenters. The van der Waals surface area contributed by atoms with Crippen molar-refractivity contribution in [3.63, 3.8) is 0 Å². The highest BCUT2D eigenvalue weighted by Crippen LogP contribution is 2.35. The minimum absolute atomic E-state index is 0.237. The van der Waals surface area contributed by atoms with Crippen LogP contribution in [0.4, 0.5) is 0 Å². The molecule has 0 aromatic heterocycles. The Labute approximate surface area is 81.6 Å². The lowest BCUT2D eigenvalue weighted by Crippen LogP contribution is -2.51. The molecule has 0 bridgehead atoms. The van der Waals surface area contributed by atoms with Crippen molar-refractivity contribution in [2.24, 2.45) is 0 Å². The lowest BCUT2D eigenvalue weighted by atomic mass is 9.89. The molecule has 2 rings (SSSR count). The molecule has 0 amide bonds. The quantitative estimate of drug-likeness (QED) is 0.538. The predicted molar refractivity (Wildman–Crippen MR) is 45.5 cm³/mol. The van der Waals surface area contributed by atoms with Crippen LogP contribution in [0, 0.1) is 0 Å². The Morgan fingerprint density at radius 1 is 1.36 bits per heavy atom. The van der Waals surface area contributed by atoms with Crippen LogP contribution in [-0.2, 0) is 14.3 Å². The Morgan fingerprint density at radius 2 is 2.00 bits per heavy atom. The summed E-state index contributed by atoms with van der Waals surface area (Å²) >= 11 is 0. The van der Waals surface area contributed by atoms with Gasteiger partial charge in [0.1, 0.15) is 12.2 Å². The Kier molecular flexibility index (Phi) is 2.15. The van der Waals surface area contributed by atoms with Gasteiger partial charge in [0.15, 0.2) is 11.6 Å². The van der Waals surface area contributed by atoms with Crippen LogP contribution in [0.25, 0.3) is 0 Å². The third kappa shape index (κ3) is 1.46. The zero-order chi connectivity index (χ0) is 10.5. The Balaban J connectivity index is 2.19. The number of rotatable bonds is 0. The highest BCUT2D eigenvalue weighted by atomic mass is 16.8. The standard InChI is InChI=1S/C9H14O5/c1-9(2)13-5-3-4(10)6(11)7(12)8(5)14-9/h4-6,8,10-11H,3H2,1-2H3. The Morgan fingerprint density at radius 3 is 2.64 bits per heavy atom. The van der Waals surface area contributed by atoms with Gasteiger partial charge in [-0.25, -0.2) is 0 Å². The molecular formula is C9H14O5. The summed E-state index contributed by atoms with van der Waals surface area (Å²) in [5.41, 5.74) is 0. The summed E-state index contributed by atoms with van der Waals surface area (Å²) in [6, 6.07) is 0. The summed E-state index contributed by atoms with van der Waals surface area (Å²) < 4.78 is 10.8. The minimum Gasteiger partial charge on any atom is -0.390 e. The molecule has 4 unspecified atom stereocenters. The second kappa shape index (κ2) is 3.00. The molecule has 0 aromatic carbocycles. The van der Waals surface area contributed by atoms with Crippen molar-refractivity contribution in [2.75, 3.05) is 0 Å². The lowest BCUT2D eigenvalue weighted by Gasteiger charge is -2.28. The van der Waals surface area contributed by atoms with Crippen LogP contribution in [0.3, 0.4) is 0 Å². The second-order valence-corrected chi connectivity index (χ2v) is 4.24. The number of Topliss-reactive ketones (excluding diaryl/α,β-unsaturated/α-hetero) is 1. The van der Waals surface area contributed by atoms with Gasteiger partial charge >= 0.3 is 0 Å². The first-order valence-corrected chi connectivity index (χ1v) is 4.66. The normalized spacial score (nSPS) is 46.4. The number of ketones is 1. The molecule has 1 saturated carbocycles. The smallest absolute Gasteiger partial charge is 0.195 e. The molecule has 14 heavy (non-hydrogen) atoms. The van der Waals surface area contributed by atoms with Crippen LogP contribution < -0.4 is 0 Å². The van der Waals surface area contributed by atoms with Crippen LogP contribution in [-0.4, -0.2) is 46.2 Å². The van der Waals surface area contributed by atoms with Gasteiger partial charge in [0.05, 0.1) is 12.2 Å². The predicted octanol–water partition coefficient (Wildman–Crippen LogP) is -0.799. The third-order valence-electron chi connectivity index (χ3n) is 2.59. The van der Waals surface area contributed by atoms with Crippen LogP contribution in [0.15, 0.2) is 0 Å². The van der Waals surface area contributed by atoms with Crippen molar-refractivity contribution in [3.8, 4) is 0 Å². The monoisotopic (exact) mass is 202 g/mol. The number of carbonyl (C=O) groups excluding carboxylic acids is 1. The van der Waals surface area contributed by atoms with Gasteiger partial charge in [-0.3, -0.25) is 4.79 Å². The van der Waals surface area contributed by atoms with Crippen LogP contribution >= 0.6 is 0 Å². The average Bonchev–Trinajstić information content (AvgIpc) is 2.37. The van der Waals surface area contributed by atoms with Crippen LogP contribution in [0.2, 0.25) is 0 Å². The van der Waals surface area contributed by atoms with Gasteiger partial charge in [-0.2, -0.15) is 0 Å². The van der Waals surface area contributed by atoms with E-state index in [9.17, 15) is 15.0 Å². The van der Waals surface area contributed by atoms with E-state index in [1.165, 1.54) is 0 Å². The number of fused-ring (bicyclic) bond motifs is 1. The number of carbonyl (C=O) groups is 1. The molecule has 1 aliphatic carbocycles. The van der Waals surface area contributed by atoms with E-state index < -0.39 is 36.0 Å². The molecule has 5 nitrogen and oxygen atoms in total. The van der Waals surface area contributed by atoms with E-state index >= 15 is 0 Å². The van der Waals surface area contributed by atoms with Crippen LogP contribution in [0.1, 0.15) is 20.3 Å². The minimum atomic E-state index is -1.34. The number of ether oxygens (including phenoxy) is 2. The molecule has 5 heteroatoms. The SMILES string of the molecule is CC1(C)OC2CC(O)C(O)C(=O)C2O1. The first kappa shape index (κ1) is 10.0. The highest BCUT2D eigenvalue weighted by molar-refractivity contribution is 5.89. The van der Waals surface area contributed by atoms with Crippen molar-refractivity contribution in [1.29, 1.82) is 0 Å². The molecule has 1 heterocycles. The molecule has 1 aliphatic heterocycles. The number of aliphatic hydroxyl groups is 2. The fourth-order valence-corrected chi connectivity index (χ4v) is 1.97. The molecule has 2 aliphatic rings. The van der Waals surface area contributed by atoms with Gasteiger partial charge in [0.25, 0.3) is 0 Å². The van der Waals surface area contributed by atoms with E-state index in [0.29, 0.717) is 0 Å². The molecule has 2 N–H and O–H groups in total. The van der Waals surface area contributed by atoms with E-state index in [4.69, 9.17) is 9.47 Å². The van der Waals surface area contributed by atoms with E-state index in [-0.39, 0.29) is 6.42 Å². The molecule has 0 radical (unpaired) electrons. The van der Waals surface area contributed by atoms with Gasteiger partial charge in [0.2, 0.25) is 0 Å². The number of hydrogen-bond donors (Lipinski definition) is 2. The molecular weight excluding hydrogens is 188 g/mol. The third-order valence-corrected chi connectivity index (χ3v) is 2.59. The Bertz CT molecular complexity index is 262. The zero-order valence-electron chi connectivity index (χ0n) is 8.14. The summed E-state index contributed by atoms with van der Waals surface area (Å²) in [6.45, 7) is 3.41. The first-order valence-electron chi connectivity index (χ1n) is 4.66. The van der Waals surface area contributed by atoms with Crippen LogP contribution in [0.5, 0.6) is 0 Å². The van der Waals surface area contributed by atoms with E-state index in [1.54, 1.807) is 13.8 Å². The molecule has 0 aromatic rings. The zero-order valence-corrected chi connectivity index (χ0v) is 8.14. The fraction of sp³-hybridized carbons (Fsp3) is 0.889. The second-order valence-electron chi connectivity index (χ2n) is 4.24. The summed E-state index contributed by atoms with van der Waals surface area (Å²) in [6.07, 6.45) is -3.31. The van der Waals surface area contributed by atoms with Crippen molar-refractivity contribution >= 4 is 5.78 Å². The van der Waals surface area contributed by atoms with Crippen molar-refractivity contribution in [2.45, 2.75) is 50.5 Å². The Hall–Kier alpha value is -0.490. The molecule has 1 saturated heterocycles. The van der Waals surface area contributed by atoms with Gasteiger partial charge < -0.3 is 19.7 Å². The van der Waals surface area contributed by atoms with E-state index in [2.05, 4.69) is 0 Å². The van der Waals surface area contributed by atoms with Crippen molar-refractivity contribution in [3.05, 3.63) is 0 Å². The fourth-order valence-electron chi connectivity index (χ4n) is 1.97. The summed E-state index contributed by atoms with van der Waals surface area (Å²) in [5, 5.41) is 18.7. The average molecular weight is 202 g/mol. The number of hydrogen-bond acceptors (Lipinski definition) is 5. The summed E-state index contributed by atoms with van der Waals surface area (Å²) in [4.78, 5) is 11.5. The largest absolute Gasteiger partial charge is 0.390 e. The topological polar surface area (TPSA) is 76.0 Å². The first-order chi connectivity index (χ1) is 6.41.